The summed E-state index contributed by atoms with van der Waals surface area (Å²) in [7, 11) is 1.22. The summed E-state index contributed by atoms with van der Waals surface area (Å²) in [6, 6.07) is 15.4. The fourth-order valence-electron chi connectivity index (χ4n) is 2.91. The van der Waals surface area contributed by atoms with Crippen molar-refractivity contribution in [2.45, 2.75) is 45.0 Å². The average Bonchev–Trinajstić information content (AvgIpc) is 2.82. The molecule has 3 N–H and O–H groups in total. The molecule has 0 heterocycles. The number of nitrogens with one attached hydrogen (secondary N) is 3. The van der Waals surface area contributed by atoms with E-state index in [4.69, 9.17) is 4.74 Å². The van der Waals surface area contributed by atoms with Crippen molar-refractivity contribution >= 4 is 23.9 Å². The van der Waals surface area contributed by atoms with E-state index >= 15 is 0 Å². The maximum atomic E-state index is 12.8. The third-order valence-corrected chi connectivity index (χ3v) is 4.77. The summed E-state index contributed by atoms with van der Waals surface area (Å²) in [5, 5.41) is 7.61. The van der Waals surface area contributed by atoms with Gasteiger partial charge in [-0.1, -0.05) is 60.7 Å². The smallest absolute Gasteiger partial charge is 0.408 e. The van der Waals surface area contributed by atoms with Gasteiger partial charge in [0.15, 0.2) is 0 Å². The summed E-state index contributed by atoms with van der Waals surface area (Å²) >= 11 is 0. The number of ether oxygens (including phenoxy) is 2. The van der Waals surface area contributed by atoms with Gasteiger partial charge in [0.05, 0.1) is 7.11 Å². The van der Waals surface area contributed by atoms with Gasteiger partial charge in [0.25, 0.3) is 0 Å². The normalized spacial score (nSPS) is 13.1. The molecule has 2 aromatic rings. The van der Waals surface area contributed by atoms with Crippen LogP contribution in [0.4, 0.5) is 4.79 Å². The number of amides is 3. The van der Waals surface area contributed by atoms with Crippen molar-refractivity contribution in [3.8, 4) is 0 Å². The number of esters is 1. The lowest BCUT2D eigenvalue weighted by atomic mass is 10.0. The highest BCUT2D eigenvalue weighted by Crippen LogP contribution is 2.05. The minimum absolute atomic E-state index is 0.0610. The first kappa shape index (κ1) is 25.4. The number of hydrogen-bond donors (Lipinski definition) is 3. The van der Waals surface area contributed by atoms with Crippen molar-refractivity contribution in [1.29, 1.82) is 0 Å². The van der Waals surface area contributed by atoms with Crippen LogP contribution < -0.4 is 16.0 Å². The molecule has 0 saturated carbocycles. The Hall–Kier alpha value is -3.88. The van der Waals surface area contributed by atoms with Crippen LogP contribution in [0.3, 0.4) is 0 Å². The van der Waals surface area contributed by atoms with Crippen molar-refractivity contribution in [3.63, 3.8) is 0 Å². The van der Waals surface area contributed by atoms with Crippen molar-refractivity contribution in [2.75, 3.05) is 7.11 Å². The first-order valence-electron chi connectivity index (χ1n) is 10.5. The number of benzene rings is 2. The molecule has 176 valence electrons. The van der Waals surface area contributed by atoms with Gasteiger partial charge in [0.1, 0.15) is 24.7 Å². The molecule has 9 nitrogen and oxygen atoms in total. The van der Waals surface area contributed by atoms with Gasteiger partial charge < -0.3 is 25.4 Å². The zero-order valence-electron chi connectivity index (χ0n) is 18.9. The van der Waals surface area contributed by atoms with E-state index in [1.54, 1.807) is 0 Å². The van der Waals surface area contributed by atoms with E-state index in [1.807, 2.05) is 60.7 Å². The highest BCUT2D eigenvalue weighted by Gasteiger charge is 2.27. The maximum Gasteiger partial charge on any atom is 0.408 e. The molecule has 2 rings (SSSR count). The Morgan fingerprint density at radius 3 is 1.91 bits per heavy atom. The number of carbonyl (C=O) groups excluding carboxylic acids is 4. The highest BCUT2D eigenvalue weighted by molar-refractivity contribution is 5.93. The molecule has 3 atom stereocenters. The molecule has 0 aromatic heterocycles. The highest BCUT2D eigenvalue weighted by atomic mass is 16.5. The molecule has 0 fully saturated rings. The Balaban J connectivity index is 1.97. The molecule has 0 radical (unpaired) electrons. The maximum absolute atomic E-state index is 12.8. The second kappa shape index (κ2) is 12.8. The SMILES string of the molecule is COC(=O)[C@H](C)NC(=O)[C@H](Cc1ccccc1)NC(=O)[C@H](C)NC(=O)OCc1ccccc1. The van der Waals surface area contributed by atoms with E-state index in [9.17, 15) is 19.2 Å². The van der Waals surface area contributed by atoms with E-state index in [0.717, 1.165) is 11.1 Å². The van der Waals surface area contributed by atoms with Crippen LogP contribution in [0.25, 0.3) is 0 Å². The van der Waals surface area contributed by atoms with Crippen LogP contribution in [0, 0.1) is 0 Å². The molecule has 0 bridgehead atoms. The second-order valence-electron chi connectivity index (χ2n) is 7.43. The third-order valence-electron chi connectivity index (χ3n) is 4.77. The topological polar surface area (TPSA) is 123 Å². The van der Waals surface area contributed by atoms with Gasteiger partial charge in [-0.15, -0.1) is 0 Å². The van der Waals surface area contributed by atoms with Gasteiger partial charge in [-0.05, 0) is 25.0 Å². The average molecular weight is 456 g/mol. The van der Waals surface area contributed by atoms with Gasteiger partial charge in [0.2, 0.25) is 11.8 Å². The predicted molar refractivity (Wildman–Crippen MR) is 121 cm³/mol. The monoisotopic (exact) mass is 455 g/mol. The summed E-state index contributed by atoms with van der Waals surface area (Å²) < 4.78 is 9.75. The predicted octanol–water partition coefficient (Wildman–Crippen LogP) is 1.71. The van der Waals surface area contributed by atoms with Gasteiger partial charge >= 0.3 is 12.1 Å². The number of hydrogen-bond acceptors (Lipinski definition) is 6. The number of rotatable bonds is 10. The van der Waals surface area contributed by atoms with Crippen LogP contribution in [0.15, 0.2) is 60.7 Å². The van der Waals surface area contributed by atoms with Crippen LogP contribution in [0.5, 0.6) is 0 Å². The molecule has 0 aliphatic heterocycles. The number of carbonyl (C=O) groups is 4. The lowest BCUT2D eigenvalue weighted by molar-refractivity contribution is -0.144. The first-order chi connectivity index (χ1) is 15.8. The minimum atomic E-state index is -0.975. The Kier molecular flexibility index (Phi) is 9.88. The largest absolute Gasteiger partial charge is 0.467 e. The second-order valence-corrected chi connectivity index (χ2v) is 7.43. The van der Waals surface area contributed by atoms with Crippen molar-refractivity contribution in [3.05, 3.63) is 71.8 Å². The van der Waals surface area contributed by atoms with E-state index in [-0.39, 0.29) is 13.0 Å². The lowest BCUT2D eigenvalue weighted by Crippen LogP contribution is -2.55. The van der Waals surface area contributed by atoms with Gasteiger partial charge in [-0.25, -0.2) is 9.59 Å². The van der Waals surface area contributed by atoms with Crippen molar-refractivity contribution in [1.82, 2.24) is 16.0 Å². The fraction of sp³-hybridized carbons (Fsp3) is 0.333. The lowest BCUT2D eigenvalue weighted by Gasteiger charge is -2.22. The number of methoxy groups -OCH3 is 1. The molecule has 0 aliphatic rings. The first-order valence-corrected chi connectivity index (χ1v) is 10.5. The van der Waals surface area contributed by atoms with Crippen LogP contribution in [0.1, 0.15) is 25.0 Å². The van der Waals surface area contributed by atoms with Gasteiger partial charge in [-0.2, -0.15) is 0 Å². The van der Waals surface area contributed by atoms with Crippen LogP contribution in [0.2, 0.25) is 0 Å². The quantitative estimate of drug-likeness (QED) is 0.469. The van der Waals surface area contributed by atoms with E-state index in [2.05, 4.69) is 20.7 Å². The van der Waals surface area contributed by atoms with Crippen molar-refractivity contribution in [2.24, 2.45) is 0 Å². The Morgan fingerprint density at radius 1 is 0.758 bits per heavy atom. The minimum Gasteiger partial charge on any atom is -0.467 e. The summed E-state index contributed by atoms with van der Waals surface area (Å²) in [4.78, 5) is 49.2. The zero-order chi connectivity index (χ0) is 24.2. The molecular weight excluding hydrogens is 426 g/mol. The van der Waals surface area contributed by atoms with Gasteiger partial charge in [0, 0.05) is 6.42 Å². The standard InChI is InChI=1S/C24H29N3O6/c1-16(26-24(31)33-15-19-12-8-5-9-13-19)21(28)27-20(14-18-10-6-4-7-11-18)22(29)25-17(2)23(30)32-3/h4-13,16-17,20H,14-15H2,1-3H3,(H,25,29)(H,26,31)(H,27,28)/t16-,17-,20-/m0/s1. The van der Waals surface area contributed by atoms with E-state index in [1.165, 1.54) is 21.0 Å². The molecule has 9 heteroatoms. The van der Waals surface area contributed by atoms with E-state index in [0.29, 0.717) is 0 Å². The zero-order valence-corrected chi connectivity index (χ0v) is 18.9. The fourth-order valence-corrected chi connectivity index (χ4v) is 2.91. The Morgan fingerprint density at radius 2 is 1.33 bits per heavy atom. The van der Waals surface area contributed by atoms with Crippen LogP contribution in [-0.4, -0.2) is 49.1 Å². The number of alkyl carbamates (subject to hydrolysis) is 1. The Bertz CT molecular complexity index is 936. The van der Waals surface area contributed by atoms with Crippen LogP contribution in [-0.2, 0) is 36.9 Å². The summed E-state index contributed by atoms with van der Waals surface area (Å²) in [5.41, 5.74) is 1.62. The van der Waals surface area contributed by atoms with E-state index < -0.39 is 42.0 Å². The molecule has 0 spiro atoms. The summed E-state index contributed by atoms with van der Waals surface area (Å²) in [5.74, 6) is -1.73. The molecule has 2 aromatic carbocycles. The molecule has 0 saturated heterocycles. The molecule has 3 amide bonds. The Labute approximate surface area is 192 Å². The third kappa shape index (κ3) is 8.64. The summed E-state index contributed by atoms with van der Waals surface area (Å²) in [6.45, 7) is 3.02. The molecule has 0 unspecified atom stereocenters. The van der Waals surface area contributed by atoms with Crippen molar-refractivity contribution < 1.29 is 28.7 Å². The summed E-state index contributed by atoms with van der Waals surface area (Å²) in [6.07, 6.45) is -0.567. The van der Waals surface area contributed by atoms with Gasteiger partial charge in [-0.3, -0.25) is 9.59 Å². The van der Waals surface area contributed by atoms with Crippen LogP contribution >= 0.6 is 0 Å². The molecule has 33 heavy (non-hydrogen) atoms. The molecular formula is C24H29N3O6. The molecule has 0 aliphatic carbocycles.